The SMILES string of the molecule is Nc1nc2ccccn2c1S(=O)(=O)NCC1CSCCS1. The van der Waals surface area contributed by atoms with E-state index in [-0.39, 0.29) is 10.8 Å². The molecule has 1 atom stereocenters. The van der Waals surface area contributed by atoms with Gasteiger partial charge in [-0.25, -0.2) is 18.1 Å². The van der Waals surface area contributed by atoms with Gasteiger partial charge in [-0.05, 0) is 12.1 Å². The van der Waals surface area contributed by atoms with E-state index in [1.54, 1.807) is 24.4 Å². The zero-order valence-electron chi connectivity index (χ0n) is 11.2. The van der Waals surface area contributed by atoms with E-state index in [4.69, 9.17) is 5.73 Å². The molecule has 3 heterocycles. The summed E-state index contributed by atoms with van der Waals surface area (Å²) in [5, 5.41) is 0.325. The van der Waals surface area contributed by atoms with Crippen molar-refractivity contribution in [2.45, 2.75) is 10.3 Å². The molecule has 1 unspecified atom stereocenters. The fourth-order valence-corrected chi connectivity index (χ4v) is 6.19. The average Bonchev–Trinajstić information content (AvgIpc) is 2.83. The Hall–Kier alpha value is -0.900. The lowest BCUT2D eigenvalue weighted by molar-refractivity contribution is 0.577. The molecule has 0 bridgehead atoms. The number of anilines is 1. The molecule has 114 valence electrons. The van der Waals surface area contributed by atoms with E-state index in [1.165, 1.54) is 4.40 Å². The lowest BCUT2D eigenvalue weighted by Crippen LogP contribution is -2.34. The summed E-state index contributed by atoms with van der Waals surface area (Å²) in [5.74, 6) is 3.19. The Kier molecular flexibility index (Phi) is 4.34. The monoisotopic (exact) mass is 344 g/mol. The van der Waals surface area contributed by atoms with Gasteiger partial charge in [-0.2, -0.15) is 23.5 Å². The van der Waals surface area contributed by atoms with Crippen LogP contribution in [0.15, 0.2) is 29.4 Å². The van der Waals surface area contributed by atoms with Crippen LogP contribution in [0.4, 0.5) is 5.82 Å². The van der Waals surface area contributed by atoms with Gasteiger partial charge < -0.3 is 5.73 Å². The highest BCUT2D eigenvalue weighted by atomic mass is 32.2. The van der Waals surface area contributed by atoms with Gasteiger partial charge in [0.15, 0.2) is 10.8 Å². The summed E-state index contributed by atoms with van der Waals surface area (Å²) >= 11 is 3.67. The van der Waals surface area contributed by atoms with Gasteiger partial charge in [0.05, 0.1) is 0 Å². The first-order valence-electron chi connectivity index (χ1n) is 6.49. The van der Waals surface area contributed by atoms with Crippen molar-refractivity contribution in [3.63, 3.8) is 0 Å². The number of sulfonamides is 1. The zero-order valence-corrected chi connectivity index (χ0v) is 13.7. The fraction of sp³-hybridized carbons (Fsp3) is 0.417. The lowest BCUT2D eigenvalue weighted by atomic mass is 10.5. The number of rotatable bonds is 4. The van der Waals surface area contributed by atoms with E-state index in [1.807, 2.05) is 23.5 Å². The number of nitrogens with zero attached hydrogens (tertiary/aromatic N) is 2. The number of thioether (sulfide) groups is 2. The molecule has 2 aromatic heterocycles. The number of hydrogen-bond donors (Lipinski definition) is 2. The number of hydrogen-bond acceptors (Lipinski definition) is 6. The molecule has 6 nitrogen and oxygen atoms in total. The molecule has 1 saturated heterocycles. The summed E-state index contributed by atoms with van der Waals surface area (Å²) in [6.45, 7) is 0.416. The Morgan fingerprint density at radius 3 is 3.05 bits per heavy atom. The van der Waals surface area contributed by atoms with Crippen molar-refractivity contribution < 1.29 is 8.42 Å². The van der Waals surface area contributed by atoms with Crippen LogP contribution in [0.25, 0.3) is 5.65 Å². The second-order valence-corrected chi connectivity index (χ2v) is 8.89. The first kappa shape index (κ1) is 15.0. The molecule has 3 rings (SSSR count). The largest absolute Gasteiger partial charge is 0.381 e. The quantitative estimate of drug-likeness (QED) is 0.861. The summed E-state index contributed by atoms with van der Waals surface area (Å²) < 4.78 is 29.2. The molecule has 0 saturated carbocycles. The number of imidazole rings is 1. The minimum atomic E-state index is -3.67. The highest BCUT2D eigenvalue weighted by Crippen LogP contribution is 2.24. The highest BCUT2D eigenvalue weighted by Gasteiger charge is 2.25. The molecule has 9 heteroatoms. The van der Waals surface area contributed by atoms with Crippen molar-refractivity contribution >= 4 is 45.0 Å². The third kappa shape index (κ3) is 3.15. The van der Waals surface area contributed by atoms with Gasteiger partial charge in [0.2, 0.25) is 0 Å². The third-order valence-corrected chi connectivity index (χ3v) is 7.46. The van der Waals surface area contributed by atoms with Gasteiger partial charge in [0.25, 0.3) is 10.0 Å². The van der Waals surface area contributed by atoms with Gasteiger partial charge in [0.1, 0.15) is 5.65 Å². The standard InChI is InChI=1S/C12H16N4O2S3/c13-11-12(16-4-2-1-3-10(16)15-11)21(17,18)14-7-9-8-19-5-6-20-9/h1-4,9,14H,5-8,13H2. The summed E-state index contributed by atoms with van der Waals surface area (Å²) in [6, 6.07) is 5.27. The van der Waals surface area contributed by atoms with Crippen LogP contribution in [0.3, 0.4) is 0 Å². The molecule has 3 N–H and O–H groups in total. The van der Waals surface area contributed by atoms with E-state index in [9.17, 15) is 8.42 Å². The second kappa shape index (κ2) is 6.07. The van der Waals surface area contributed by atoms with Crippen LogP contribution in [0.5, 0.6) is 0 Å². The van der Waals surface area contributed by atoms with Crippen molar-refractivity contribution in [3.05, 3.63) is 24.4 Å². The Morgan fingerprint density at radius 2 is 2.29 bits per heavy atom. The topological polar surface area (TPSA) is 89.5 Å². The lowest BCUT2D eigenvalue weighted by Gasteiger charge is -2.21. The van der Waals surface area contributed by atoms with E-state index >= 15 is 0 Å². The number of nitrogens with two attached hydrogens (primary N) is 1. The number of aromatic nitrogens is 2. The first-order chi connectivity index (χ1) is 10.1. The summed E-state index contributed by atoms with van der Waals surface area (Å²) in [7, 11) is -3.67. The molecule has 0 spiro atoms. The van der Waals surface area contributed by atoms with Crippen molar-refractivity contribution in [3.8, 4) is 0 Å². The van der Waals surface area contributed by atoms with Gasteiger partial charge >= 0.3 is 0 Å². The van der Waals surface area contributed by atoms with E-state index in [0.29, 0.717) is 17.4 Å². The predicted molar refractivity (Wildman–Crippen MR) is 88.4 cm³/mol. The average molecular weight is 344 g/mol. The molecule has 0 aromatic carbocycles. The van der Waals surface area contributed by atoms with Crippen LogP contribution >= 0.6 is 23.5 Å². The van der Waals surface area contributed by atoms with Gasteiger partial charge in [-0.3, -0.25) is 4.40 Å². The maximum absolute atomic E-state index is 12.5. The predicted octanol–water partition coefficient (Wildman–Crippen LogP) is 1.04. The molecule has 0 radical (unpaired) electrons. The van der Waals surface area contributed by atoms with Gasteiger partial charge in [0, 0.05) is 35.3 Å². The Morgan fingerprint density at radius 1 is 1.43 bits per heavy atom. The Balaban J connectivity index is 1.84. The minimum absolute atomic E-state index is 0.0200. The molecule has 1 fully saturated rings. The second-order valence-electron chi connectivity index (χ2n) is 4.65. The number of pyridine rings is 1. The normalized spacial score (nSPS) is 19.9. The Labute approximate surface area is 131 Å². The zero-order chi connectivity index (χ0) is 14.9. The van der Waals surface area contributed by atoms with Crippen molar-refractivity contribution in [1.82, 2.24) is 14.1 Å². The van der Waals surface area contributed by atoms with Crippen LogP contribution in [0, 0.1) is 0 Å². The van der Waals surface area contributed by atoms with Crippen molar-refractivity contribution in [2.75, 3.05) is 29.5 Å². The maximum Gasteiger partial charge on any atom is 0.260 e. The number of nitrogens with one attached hydrogen (secondary N) is 1. The molecular weight excluding hydrogens is 328 g/mol. The summed E-state index contributed by atoms with van der Waals surface area (Å²) in [4.78, 5) is 4.09. The minimum Gasteiger partial charge on any atom is -0.381 e. The summed E-state index contributed by atoms with van der Waals surface area (Å²) in [6.07, 6.45) is 1.65. The molecule has 21 heavy (non-hydrogen) atoms. The van der Waals surface area contributed by atoms with Gasteiger partial charge in [-0.1, -0.05) is 6.07 Å². The first-order valence-corrected chi connectivity index (χ1v) is 10.2. The highest BCUT2D eigenvalue weighted by molar-refractivity contribution is 8.06. The van der Waals surface area contributed by atoms with E-state index in [0.717, 1.165) is 17.3 Å². The smallest absolute Gasteiger partial charge is 0.260 e. The van der Waals surface area contributed by atoms with Crippen molar-refractivity contribution in [2.24, 2.45) is 0 Å². The maximum atomic E-state index is 12.5. The summed E-state index contributed by atoms with van der Waals surface area (Å²) in [5.41, 5.74) is 6.31. The van der Waals surface area contributed by atoms with Crippen LogP contribution < -0.4 is 10.5 Å². The van der Waals surface area contributed by atoms with Crippen LogP contribution in [-0.2, 0) is 10.0 Å². The van der Waals surface area contributed by atoms with Crippen LogP contribution in [0.1, 0.15) is 0 Å². The Bertz CT molecular complexity index is 738. The van der Waals surface area contributed by atoms with Gasteiger partial charge in [-0.15, -0.1) is 0 Å². The molecule has 1 aliphatic heterocycles. The van der Waals surface area contributed by atoms with Crippen molar-refractivity contribution in [1.29, 1.82) is 0 Å². The molecule has 1 aliphatic rings. The third-order valence-electron chi connectivity index (χ3n) is 3.15. The molecular formula is C12H16N4O2S3. The molecule has 0 aliphatic carbocycles. The van der Waals surface area contributed by atoms with Crippen LogP contribution in [0.2, 0.25) is 0 Å². The van der Waals surface area contributed by atoms with Crippen LogP contribution in [-0.4, -0.2) is 46.9 Å². The fourth-order valence-electron chi connectivity index (χ4n) is 2.18. The van der Waals surface area contributed by atoms with E-state index in [2.05, 4.69) is 9.71 Å². The molecule has 0 amide bonds. The van der Waals surface area contributed by atoms with E-state index < -0.39 is 10.0 Å². The number of fused-ring (bicyclic) bond motifs is 1. The number of nitrogen functional groups attached to an aromatic ring is 1. The molecule has 2 aromatic rings.